The average molecular weight is 204 g/mol. The molecule has 0 aliphatic heterocycles. The van der Waals surface area contributed by atoms with Gasteiger partial charge < -0.3 is 5.11 Å². The first-order valence-corrected chi connectivity index (χ1v) is 4.22. The van der Waals surface area contributed by atoms with Crippen LogP contribution in [-0.4, -0.2) is 11.7 Å². The first kappa shape index (κ1) is 11.0. The Morgan fingerprint density at radius 2 is 2.00 bits per heavy atom. The molecule has 0 unspecified atom stereocenters. The second-order valence-corrected chi connectivity index (χ2v) is 3.16. The van der Waals surface area contributed by atoms with Crippen LogP contribution in [0, 0.1) is 12.7 Å². The van der Waals surface area contributed by atoms with E-state index in [9.17, 15) is 13.2 Å². The predicted molar refractivity (Wildman–Crippen MR) is 46.7 cm³/mol. The van der Waals surface area contributed by atoms with Gasteiger partial charge in [-0.15, -0.1) is 0 Å². The highest BCUT2D eigenvalue weighted by atomic mass is 19.3. The fourth-order valence-electron chi connectivity index (χ4n) is 1.19. The van der Waals surface area contributed by atoms with Crippen LogP contribution in [0.3, 0.4) is 0 Å². The number of aliphatic hydroxyl groups excluding tert-OH is 1. The summed E-state index contributed by atoms with van der Waals surface area (Å²) >= 11 is 0. The number of rotatable bonds is 3. The molecule has 0 heterocycles. The van der Waals surface area contributed by atoms with E-state index in [0.717, 1.165) is 12.1 Å². The van der Waals surface area contributed by atoms with E-state index in [1.807, 2.05) is 0 Å². The van der Waals surface area contributed by atoms with E-state index < -0.39 is 30.3 Å². The molecular weight excluding hydrogens is 193 g/mol. The van der Waals surface area contributed by atoms with E-state index >= 15 is 0 Å². The molecule has 0 amide bonds. The summed E-state index contributed by atoms with van der Waals surface area (Å²) in [6.45, 7) is 0.956. The van der Waals surface area contributed by atoms with E-state index in [1.54, 1.807) is 6.92 Å². The third-order valence-corrected chi connectivity index (χ3v) is 1.94. The van der Waals surface area contributed by atoms with Crippen molar-refractivity contribution in [2.45, 2.75) is 19.3 Å². The monoisotopic (exact) mass is 204 g/mol. The Balaban J connectivity index is 3.06. The maximum atomic E-state index is 13.1. The highest BCUT2D eigenvalue weighted by Crippen LogP contribution is 2.33. The molecule has 1 aromatic carbocycles. The fraction of sp³-hybridized carbons (Fsp3) is 0.400. The smallest absolute Gasteiger partial charge is 0.278 e. The van der Waals surface area contributed by atoms with Crippen LogP contribution in [0.25, 0.3) is 0 Å². The minimum Gasteiger partial charge on any atom is -0.396 e. The van der Waals surface area contributed by atoms with Gasteiger partial charge in [0.25, 0.3) is 5.92 Å². The summed E-state index contributed by atoms with van der Waals surface area (Å²) in [5.74, 6) is -4.23. The van der Waals surface area contributed by atoms with Gasteiger partial charge in [0.2, 0.25) is 0 Å². The lowest BCUT2D eigenvalue weighted by Gasteiger charge is -2.16. The van der Waals surface area contributed by atoms with Crippen LogP contribution < -0.4 is 0 Å². The molecule has 0 atom stereocenters. The summed E-state index contributed by atoms with van der Waals surface area (Å²) in [7, 11) is 0. The third-order valence-electron chi connectivity index (χ3n) is 1.94. The molecule has 1 nitrogen and oxygen atoms in total. The molecule has 14 heavy (non-hydrogen) atoms. The number of halogens is 3. The fourth-order valence-corrected chi connectivity index (χ4v) is 1.19. The van der Waals surface area contributed by atoms with Gasteiger partial charge in [0.15, 0.2) is 0 Å². The van der Waals surface area contributed by atoms with Crippen molar-refractivity contribution in [2.75, 3.05) is 6.61 Å². The van der Waals surface area contributed by atoms with Crippen LogP contribution >= 0.6 is 0 Å². The van der Waals surface area contributed by atoms with E-state index in [1.165, 1.54) is 6.07 Å². The number of alkyl halides is 2. The predicted octanol–water partition coefficient (Wildman–Crippen LogP) is 2.61. The molecule has 1 rings (SSSR count). The molecule has 0 aliphatic rings. The van der Waals surface area contributed by atoms with E-state index in [-0.39, 0.29) is 0 Å². The third kappa shape index (κ3) is 2.26. The van der Waals surface area contributed by atoms with Crippen molar-refractivity contribution in [1.82, 2.24) is 0 Å². The van der Waals surface area contributed by atoms with Gasteiger partial charge in [0.1, 0.15) is 5.82 Å². The first-order valence-electron chi connectivity index (χ1n) is 4.22. The average Bonchev–Trinajstić information content (AvgIpc) is 2.02. The number of hydrogen-bond donors (Lipinski definition) is 1. The lowest BCUT2D eigenvalue weighted by Crippen LogP contribution is -2.17. The number of hydrogen-bond acceptors (Lipinski definition) is 1. The van der Waals surface area contributed by atoms with Gasteiger partial charge in [0, 0.05) is 13.0 Å². The van der Waals surface area contributed by atoms with Crippen molar-refractivity contribution in [2.24, 2.45) is 0 Å². The summed E-state index contributed by atoms with van der Waals surface area (Å²) in [5, 5.41) is 8.41. The molecule has 0 spiro atoms. The minimum atomic E-state index is -3.30. The van der Waals surface area contributed by atoms with Crippen molar-refractivity contribution in [1.29, 1.82) is 0 Å². The zero-order chi connectivity index (χ0) is 10.8. The topological polar surface area (TPSA) is 20.2 Å². The summed E-state index contributed by atoms with van der Waals surface area (Å²) in [6.07, 6.45) is -0.757. The second-order valence-electron chi connectivity index (χ2n) is 3.16. The lowest BCUT2D eigenvalue weighted by molar-refractivity contribution is -0.0299. The SMILES string of the molecule is Cc1ccc(C(F)(F)CCO)c(F)c1. The van der Waals surface area contributed by atoms with Gasteiger partial charge in [-0.1, -0.05) is 6.07 Å². The Labute approximate surface area is 80.2 Å². The van der Waals surface area contributed by atoms with Crippen molar-refractivity contribution < 1.29 is 18.3 Å². The summed E-state index contributed by atoms with van der Waals surface area (Å²) in [5.41, 5.74) is -0.0665. The summed E-state index contributed by atoms with van der Waals surface area (Å²) in [4.78, 5) is 0. The van der Waals surface area contributed by atoms with Crippen molar-refractivity contribution in [3.63, 3.8) is 0 Å². The van der Waals surface area contributed by atoms with Crippen LogP contribution in [-0.2, 0) is 5.92 Å². The standard InChI is InChI=1S/C10H11F3O/c1-7-2-3-8(9(11)6-7)10(12,13)4-5-14/h2-3,6,14H,4-5H2,1H3. The van der Waals surface area contributed by atoms with E-state index in [4.69, 9.17) is 5.11 Å². The van der Waals surface area contributed by atoms with E-state index in [0.29, 0.717) is 5.56 Å². The molecule has 1 aromatic rings. The van der Waals surface area contributed by atoms with Gasteiger partial charge in [-0.25, -0.2) is 13.2 Å². The Hall–Kier alpha value is -1.03. The molecule has 4 heteroatoms. The molecule has 0 fully saturated rings. The van der Waals surface area contributed by atoms with Crippen molar-refractivity contribution in [3.8, 4) is 0 Å². The zero-order valence-corrected chi connectivity index (χ0v) is 7.73. The maximum Gasteiger partial charge on any atom is 0.278 e. The van der Waals surface area contributed by atoms with Crippen LogP contribution in [0.2, 0.25) is 0 Å². The number of aliphatic hydroxyl groups is 1. The Morgan fingerprint density at radius 3 is 2.50 bits per heavy atom. The van der Waals surface area contributed by atoms with Crippen LogP contribution in [0.1, 0.15) is 17.5 Å². The quantitative estimate of drug-likeness (QED) is 0.802. The number of aryl methyl sites for hydroxylation is 1. The normalized spacial score (nSPS) is 11.8. The molecule has 0 saturated heterocycles. The lowest BCUT2D eigenvalue weighted by atomic mass is 10.0. The highest BCUT2D eigenvalue weighted by Gasteiger charge is 2.33. The molecule has 1 N–H and O–H groups in total. The van der Waals surface area contributed by atoms with Gasteiger partial charge in [-0.3, -0.25) is 0 Å². The Morgan fingerprint density at radius 1 is 1.36 bits per heavy atom. The Bertz CT molecular complexity index is 323. The molecule has 0 aliphatic carbocycles. The second kappa shape index (κ2) is 4.00. The van der Waals surface area contributed by atoms with Crippen LogP contribution in [0.4, 0.5) is 13.2 Å². The molecule has 0 saturated carbocycles. The molecule has 0 aromatic heterocycles. The first-order chi connectivity index (χ1) is 6.47. The minimum absolute atomic E-state index is 0.589. The Kier molecular flexibility index (Phi) is 3.16. The largest absolute Gasteiger partial charge is 0.396 e. The molecular formula is C10H11F3O. The van der Waals surface area contributed by atoms with Gasteiger partial charge in [0.05, 0.1) is 5.56 Å². The van der Waals surface area contributed by atoms with E-state index in [2.05, 4.69) is 0 Å². The zero-order valence-electron chi connectivity index (χ0n) is 7.73. The highest BCUT2D eigenvalue weighted by molar-refractivity contribution is 5.26. The molecule has 0 radical (unpaired) electrons. The summed E-state index contributed by atoms with van der Waals surface area (Å²) in [6, 6.07) is 3.53. The van der Waals surface area contributed by atoms with Gasteiger partial charge in [-0.05, 0) is 24.6 Å². The number of benzene rings is 1. The van der Waals surface area contributed by atoms with Gasteiger partial charge >= 0.3 is 0 Å². The molecule has 78 valence electrons. The summed E-state index contributed by atoms with van der Waals surface area (Å²) < 4.78 is 39.4. The van der Waals surface area contributed by atoms with Crippen LogP contribution in [0.15, 0.2) is 18.2 Å². The van der Waals surface area contributed by atoms with Crippen LogP contribution in [0.5, 0.6) is 0 Å². The molecule has 0 bridgehead atoms. The van der Waals surface area contributed by atoms with Crippen molar-refractivity contribution >= 4 is 0 Å². The maximum absolute atomic E-state index is 13.1. The van der Waals surface area contributed by atoms with Crippen molar-refractivity contribution in [3.05, 3.63) is 35.1 Å². The van der Waals surface area contributed by atoms with Gasteiger partial charge in [-0.2, -0.15) is 0 Å².